The van der Waals surface area contributed by atoms with Gasteiger partial charge in [0.15, 0.2) is 0 Å². The zero-order valence-electron chi connectivity index (χ0n) is 18.4. The molecule has 0 bridgehead atoms. The molecule has 0 heterocycles. The molecule has 0 radical (unpaired) electrons. The minimum atomic E-state index is -1.03. The zero-order valence-corrected chi connectivity index (χ0v) is 19.1. The molecule has 1 aromatic carbocycles. The molecule has 8 heteroatoms. The smallest absolute Gasteiger partial charge is 0.326 e. The quantitative estimate of drug-likeness (QED) is 0.366. The van der Waals surface area contributed by atoms with Crippen molar-refractivity contribution in [2.75, 3.05) is 6.54 Å². The van der Waals surface area contributed by atoms with Gasteiger partial charge in [-0.1, -0.05) is 50.6 Å². The highest BCUT2D eigenvalue weighted by molar-refractivity contribution is 5.85. The molecule has 2 rings (SSSR count). The molecule has 7 nitrogen and oxygen atoms in total. The van der Waals surface area contributed by atoms with E-state index in [2.05, 4.69) is 10.6 Å². The Bertz CT molecular complexity index is 708. The summed E-state index contributed by atoms with van der Waals surface area (Å²) in [6.07, 6.45) is 4.17. The number of carboxylic acid groups (broad SMARTS) is 1. The summed E-state index contributed by atoms with van der Waals surface area (Å²) in [6, 6.07) is 7.87. The summed E-state index contributed by atoms with van der Waals surface area (Å²) in [5.41, 5.74) is 6.84. The number of nitrogens with two attached hydrogens (primary N) is 1. The van der Waals surface area contributed by atoms with Crippen molar-refractivity contribution in [2.45, 2.75) is 64.5 Å². The largest absolute Gasteiger partial charge is 1.00 e. The minimum absolute atomic E-state index is 0. The minimum Gasteiger partial charge on any atom is -1.00 e. The lowest BCUT2D eigenvalue weighted by molar-refractivity contribution is -0.142. The number of carboxylic acids is 1. The summed E-state index contributed by atoms with van der Waals surface area (Å²) in [5, 5.41) is 15.1. The van der Waals surface area contributed by atoms with Crippen LogP contribution in [0.2, 0.25) is 0 Å². The number of halogens is 1. The second-order valence-electron chi connectivity index (χ2n) is 8.46. The number of nitrogens with one attached hydrogen (secondary N) is 2. The molecular weight excluding hydrogens is 418 g/mol. The van der Waals surface area contributed by atoms with E-state index in [0.717, 1.165) is 24.8 Å². The number of benzene rings is 1. The third-order valence-corrected chi connectivity index (χ3v) is 6.24. The standard InChI is InChI=1S/C23H35N3O4.ClH/c1-3-15(2)20(24)22(28)25-14-17-9-11-18(12-10-17)21(27)26-19(23(29)30)13-16-7-5-4-6-8-16;/h4-8,15,17-20H,3,9-14,24H2,1-2H3,(H,25,28)(H,26,27)(H,29,30);1H/p-1/t15?,17?,18?,19-,20-;/m0./s1. The highest BCUT2D eigenvalue weighted by atomic mass is 35.5. The molecule has 0 spiro atoms. The van der Waals surface area contributed by atoms with Gasteiger partial charge in [0.1, 0.15) is 6.04 Å². The first-order chi connectivity index (χ1) is 14.3. The van der Waals surface area contributed by atoms with Crippen LogP contribution in [-0.2, 0) is 20.8 Å². The molecule has 2 amide bonds. The van der Waals surface area contributed by atoms with Crippen molar-refractivity contribution in [1.29, 1.82) is 0 Å². The van der Waals surface area contributed by atoms with Crippen LogP contribution in [0.25, 0.3) is 0 Å². The molecule has 1 saturated carbocycles. The summed E-state index contributed by atoms with van der Waals surface area (Å²) in [6.45, 7) is 4.55. The SMILES string of the molecule is CCC(C)[C@H](N)C(=O)NCC1CCC(C(=O)N[C@@H](Cc2ccccc2)C(=O)O)CC1.[Cl-]. The molecule has 0 saturated heterocycles. The first-order valence-corrected chi connectivity index (χ1v) is 10.9. The van der Waals surface area contributed by atoms with Crippen molar-refractivity contribution in [3.63, 3.8) is 0 Å². The van der Waals surface area contributed by atoms with Crippen LogP contribution >= 0.6 is 0 Å². The van der Waals surface area contributed by atoms with Gasteiger partial charge in [-0.25, -0.2) is 4.79 Å². The number of hydrogen-bond acceptors (Lipinski definition) is 4. The summed E-state index contributed by atoms with van der Waals surface area (Å²) in [5.74, 6) is -1.06. The van der Waals surface area contributed by atoms with Crippen molar-refractivity contribution < 1.29 is 31.9 Å². The fraction of sp³-hybridized carbons (Fsp3) is 0.609. The van der Waals surface area contributed by atoms with Crippen molar-refractivity contribution in [2.24, 2.45) is 23.5 Å². The Kier molecular flexibility index (Phi) is 11.6. The molecule has 31 heavy (non-hydrogen) atoms. The van der Waals surface area contributed by atoms with Crippen LogP contribution in [0.1, 0.15) is 51.5 Å². The Hall–Kier alpha value is -2.12. The molecule has 1 aromatic rings. The Labute approximate surface area is 191 Å². The number of carbonyl (C=O) groups is 3. The zero-order chi connectivity index (χ0) is 22.1. The molecule has 1 fully saturated rings. The van der Waals surface area contributed by atoms with Crippen LogP contribution in [0.4, 0.5) is 0 Å². The van der Waals surface area contributed by atoms with Gasteiger partial charge >= 0.3 is 5.97 Å². The van der Waals surface area contributed by atoms with E-state index < -0.39 is 18.1 Å². The van der Waals surface area contributed by atoms with Crippen molar-refractivity contribution in [3.8, 4) is 0 Å². The highest BCUT2D eigenvalue weighted by Crippen LogP contribution is 2.28. The monoisotopic (exact) mass is 452 g/mol. The second-order valence-corrected chi connectivity index (χ2v) is 8.46. The van der Waals surface area contributed by atoms with E-state index in [9.17, 15) is 19.5 Å². The van der Waals surface area contributed by atoms with E-state index >= 15 is 0 Å². The third kappa shape index (κ3) is 8.50. The summed E-state index contributed by atoms with van der Waals surface area (Å²) < 4.78 is 0. The average Bonchev–Trinajstić information content (AvgIpc) is 2.76. The van der Waals surface area contributed by atoms with Gasteiger partial charge < -0.3 is 33.9 Å². The van der Waals surface area contributed by atoms with Crippen molar-refractivity contribution in [3.05, 3.63) is 35.9 Å². The van der Waals surface area contributed by atoms with Crippen LogP contribution in [0.3, 0.4) is 0 Å². The predicted octanol–water partition coefficient (Wildman–Crippen LogP) is -0.901. The molecule has 1 aliphatic carbocycles. The lowest BCUT2D eigenvalue weighted by Gasteiger charge is -2.29. The number of amides is 2. The Balaban J connectivity index is 0.00000480. The van der Waals surface area contributed by atoms with E-state index in [1.54, 1.807) is 0 Å². The van der Waals surface area contributed by atoms with E-state index in [0.29, 0.717) is 25.3 Å². The van der Waals surface area contributed by atoms with Crippen molar-refractivity contribution in [1.82, 2.24) is 10.6 Å². The first kappa shape index (κ1) is 26.9. The maximum atomic E-state index is 12.6. The van der Waals surface area contributed by atoms with E-state index in [-0.39, 0.29) is 42.5 Å². The van der Waals surface area contributed by atoms with Crippen LogP contribution < -0.4 is 28.8 Å². The fourth-order valence-electron chi connectivity index (χ4n) is 3.84. The lowest BCUT2D eigenvalue weighted by Crippen LogP contribution is -3.00. The molecule has 1 aliphatic rings. The topological polar surface area (TPSA) is 122 Å². The van der Waals surface area contributed by atoms with Crippen LogP contribution in [0.5, 0.6) is 0 Å². The third-order valence-electron chi connectivity index (χ3n) is 6.24. The predicted molar refractivity (Wildman–Crippen MR) is 116 cm³/mol. The molecule has 1 unspecified atom stereocenters. The van der Waals surface area contributed by atoms with E-state index in [1.165, 1.54) is 0 Å². The van der Waals surface area contributed by atoms with E-state index in [4.69, 9.17) is 5.73 Å². The van der Waals surface area contributed by atoms with Gasteiger partial charge in [0.05, 0.1) is 6.04 Å². The summed E-state index contributed by atoms with van der Waals surface area (Å²) in [4.78, 5) is 36.3. The Morgan fingerprint density at radius 2 is 1.74 bits per heavy atom. The number of rotatable bonds is 10. The molecule has 5 N–H and O–H groups in total. The highest BCUT2D eigenvalue weighted by Gasteiger charge is 2.30. The molecule has 0 aromatic heterocycles. The summed E-state index contributed by atoms with van der Waals surface area (Å²) >= 11 is 0. The number of hydrogen-bond donors (Lipinski definition) is 4. The number of carbonyl (C=O) groups excluding carboxylic acids is 2. The Morgan fingerprint density at radius 1 is 1.13 bits per heavy atom. The maximum Gasteiger partial charge on any atom is 0.326 e. The summed E-state index contributed by atoms with van der Waals surface area (Å²) in [7, 11) is 0. The van der Waals surface area contributed by atoms with E-state index in [1.807, 2.05) is 44.2 Å². The fourth-order valence-corrected chi connectivity index (χ4v) is 3.84. The van der Waals surface area contributed by atoms with Gasteiger partial charge in [-0.2, -0.15) is 0 Å². The van der Waals surface area contributed by atoms with Gasteiger partial charge in [-0.3, -0.25) is 9.59 Å². The van der Waals surface area contributed by atoms with Gasteiger partial charge in [0.25, 0.3) is 0 Å². The molecule has 0 aliphatic heterocycles. The normalized spacial score (nSPS) is 21.1. The second kappa shape index (κ2) is 13.3. The lowest BCUT2D eigenvalue weighted by atomic mass is 9.81. The first-order valence-electron chi connectivity index (χ1n) is 10.9. The molecule has 174 valence electrons. The van der Waals surface area contributed by atoms with Crippen molar-refractivity contribution >= 4 is 17.8 Å². The van der Waals surface area contributed by atoms with Gasteiger partial charge in [0, 0.05) is 18.9 Å². The number of aliphatic carboxylic acids is 1. The average molecular weight is 453 g/mol. The molecule has 3 atom stereocenters. The van der Waals surface area contributed by atoms with Gasteiger partial charge in [-0.15, -0.1) is 0 Å². The van der Waals surface area contributed by atoms with Gasteiger partial charge in [-0.05, 0) is 43.1 Å². The maximum absolute atomic E-state index is 12.6. The molecular formula is C23H35ClN3O4-. The Morgan fingerprint density at radius 3 is 2.29 bits per heavy atom. The van der Waals surface area contributed by atoms with Crippen LogP contribution in [-0.4, -0.2) is 41.5 Å². The van der Waals surface area contributed by atoms with Crippen LogP contribution in [0, 0.1) is 17.8 Å². The van der Waals surface area contributed by atoms with Crippen LogP contribution in [0.15, 0.2) is 30.3 Å². The van der Waals surface area contributed by atoms with Gasteiger partial charge in [0.2, 0.25) is 11.8 Å².